The number of nitrogens with two attached hydrogens (primary N) is 1. The van der Waals surface area contributed by atoms with E-state index in [-0.39, 0.29) is 0 Å². The van der Waals surface area contributed by atoms with Gasteiger partial charge in [0.2, 0.25) is 0 Å². The van der Waals surface area contributed by atoms with Gasteiger partial charge in [-0.1, -0.05) is 26.2 Å². The van der Waals surface area contributed by atoms with Gasteiger partial charge in [0.1, 0.15) is 0 Å². The second-order valence-electron chi connectivity index (χ2n) is 5.66. The second kappa shape index (κ2) is 5.28. The maximum atomic E-state index is 6.08. The third-order valence-corrected chi connectivity index (χ3v) is 5.99. The molecule has 16 heavy (non-hydrogen) atoms. The van der Waals surface area contributed by atoms with Crippen LogP contribution in [0.15, 0.2) is 0 Å². The van der Waals surface area contributed by atoms with Crippen molar-refractivity contribution in [3.63, 3.8) is 0 Å². The molecule has 0 spiro atoms. The monoisotopic (exact) mass is 242 g/mol. The van der Waals surface area contributed by atoms with Gasteiger partial charge in [-0.2, -0.15) is 11.8 Å². The van der Waals surface area contributed by atoms with E-state index < -0.39 is 0 Å². The van der Waals surface area contributed by atoms with E-state index in [4.69, 9.17) is 5.73 Å². The maximum absolute atomic E-state index is 6.08. The van der Waals surface area contributed by atoms with Crippen LogP contribution in [0.4, 0.5) is 0 Å². The lowest BCUT2D eigenvalue weighted by Gasteiger charge is -2.44. The number of rotatable bonds is 3. The van der Waals surface area contributed by atoms with Gasteiger partial charge in [0.05, 0.1) is 0 Å². The highest BCUT2D eigenvalue weighted by Crippen LogP contribution is 2.40. The van der Waals surface area contributed by atoms with Gasteiger partial charge in [0, 0.05) is 29.1 Å². The minimum atomic E-state index is 0.298. The summed E-state index contributed by atoms with van der Waals surface area (Å²) in [4.78, 5) is 2.64. The van der Waals surface area contributed by atoms with E-state index in [2.05, 4.69) is 30.6 Å². The van der Waals surface area contributed by atoms with Crippen molar-refractivity contribution in [1.29, 1.82) is 0 Å². The largest absolute Gasteiger partial charge is 0.329 e. The second-order valence-corrected chi connectivity index (χ2v) is 7.08. The summed E-state index contributed by atoms with van der Waals surface area (Å²) in [6, 6.07) is 0.795. The first-order valence-electron chi connectivity index (χ1n) is 6.72. The molecule has 0 bridgehead atoms. The summed E-state index contributed by atoms with van der Waals surface area (Å²) in [5.74, 6) is 1.23. The highest BCUT2D eigenvalue weighted by molar-refractivity contribution is 8.00. The minimum absolute atomic E-state index is 0.298. The number of hydrogen-bond donors (Lipinski definition) is 1. The highest BCUT2D eigenvalue weighted by atomic mass is 32.2. The van der Waals surface area contributed by atoms with Crippen LogP contribution in [0, 0.1) is 0 Å². The molecular formula is C13H26N2S. The third kappa shape index (κ3) is 2.41. The van der Waals surface area contributed by atoms with Crippen LogP contribution in [0.3, 0.4) is 0 Å². The smallest absolute Gasteiger partial charge is 0.0432 e. The van der Waals surface area contributed by atoms with Crippen molar-refractivity contribution in [2.75, 3.05) is 19.3 Å². The van der Waals surface area contributed by atoms with Crippen LogP contribution in [0.25, 0.3) is 0 Å². The number of nitrogens with zero attached hydrogens (tertiary/aromatic N) is 1. The highest BCUT2D eigenvalue weighted by Gasteiger charge is 2.42. The summed E-state index contributed by atoms with van der Waals surface area (Å²) < 4.78 is 0. The van der Waals surface area contributed by atoms with Crippen molar-refractivity contribution in [3.05, 3.63) is 0 Å². The molecule has 1 aliphatic carbocycles. The molecule has 2 fully saturated rings. The van der Waals surface area contributed by atoms with Crippen molar-refractivity contribution in [2.45, 2.75) is 62.3 Å². The van der Waals surface area contributed by atoms with Crippen LogP contribution in [0.2, 0.25) is 0 Å². The lowest BCUT2D eigenvalue weighted by Crippen LogP contribution is -2.56. The first-order chi connectivity index (χ1) is 7.68. The van der Waals surface area contributed by atoms with Gasteiger partial charge in [-0.15, -0.1) is 0 Å². The standard InChI is InChI=1S/C13H26N2S/c1-11-8-13(9-14,10-16-11)15(2)12-6-4-3-5-7-12/h11-12H,3-10,14H2,1-2H3. The molecule has 3 heteroatoms. The van der Waals surface area contributed by atoms with Crippen molar-refractivity contribution < 1.29 is 0 Å². The Bertz CT molecular complexity index is 228. The van der Waals surface area contributed by atoms with Crippen molar-refractivity contribution >= 4 is 11.8 Å². The Labute approximate surface area is 104 Å². The molecule has 2 nitrogen and oxygen atoms in total. The Kier molecular flexibility index (Phi) is 4.20. The lowest BCUT2D eigenvalue weighted by atomic mass is 9.87. The van der Waals surface area contributed by atoms with E-state index in [0.29, 0.717) is 5.54 Å². The van der Waals surface area contributed by atoms with Crippen LogP contribution >= 0.6 is 11.8 Å². The average molecular weight is 242 g/mol. The van der Waals surface area contributed by atoms with Gasteiger partial charge in [-0.05, 0) is 26.3 Å². The molecule has 0 radical (unpaired) electrons. The van der Waals surface area contributed by atoms with E-state index in [0.717, 1.165) is 17.8 Å². The summed E-state index contributed by atoms with van der Waals surface area (Å²) in [6.45, 7) is 3.17. The number of thioether (sulfide) groups is 1. The summed E-state index contributed by atoms with van der Waals surface area (Å²) in [7, 11) is 2.32. The van der Waals surface area contributed by atoms with E-state index in [1.165, 1.54) is 44.3 Å². The molecular weight excluding hydrogens is 216 g/mol. The quantitative estimate of drug-likeness (QED) is 0.824. The predicted octanol–water partition coefficient (Wildman–Crippen LogP) is 2.47. The molecule has 2 unspecified atom stereocenters. The predicted molar refractivity (Wildman–Crippen MR) is 73.0 cm³/mol. The van der Waals surface area contributed by atoms with Crippen molar-refractivity contribution in [2.24, 2.45) is 5.73 Å². The number of likely N-dealkylation sites (N-methyl/N-ethyl adjacent to an activating group) is 1. The Morgan fingerprint density at radius 1 is 1.31 bits per heavy atom. The average Bonchev–Trinajstić information content (AvgIpc) is 2.72. The molecule has 1 heterocycles. The molecule has 2 N–H and O–H groups in total. The Morgan fingerprint density at radius 2 is 2.00 bits per heavy atom. The van der Waals surface area contributed by atoms with Gasteiger partial charge in [0.25, 0.3) is 0 Å². The van der Waals surface area contributed by atoms with E-state index in [9.17, 15) is 0 Å². The molecule has 1 saturated carbocycles. The minimum Gasteiger partial charge on any atom is -0.329 e. The molecule has 2 aliphatic rings. The maximum Gasteiger partial charge on any atom is 0.0432 e. The topological polar surface area (TPSA) is 29.3 Å². The summed E-state index contributed by atoms with van der Waals surface area (Å²) in [5, 5.41) is 0.787. The summed E-state index contributed by atoms with van der Waals surface area (Å²) >= 11 is 2.10. The van der Waals surface area contributed by atoms with Crippen LogP contribution in [-0.2, 0) is 0 Å². The Hall–Kier alpha value is 0.270. The van der Waals surface area contributed by atoms with E-state index in [1.807, 2.05) is 0 Å². The molecule has 0 amide bonds. The zero-order valence-electron chi connectivity index (χ0n) is 10.7. The first kappa shape index (κ1) is 12.7. The molecule has 1 aliphatic heterocycles. The van der Waals surface area contributed by atoms with Crippen LogP contribution in [0.1, 0.15) is 45.4 Å². The van der Waals surface area contributed by atoms with Gasteiger partial charge in [-0.3, -0.25) is 4.90 Å². The van der Waals surface area contributed by atoms with Crippen LogP contribution < -0.4 is 5.73 Å². The van der Waals surface area contributed by atoms with Gasteiger partial charge < -0.3 is 5.73 Å². The Morgan fingerprint density at radius 3 is 2.50 bits per heavy atom. The number of hydrogen-bond acceptors (Lipinski definition) is 3. The fourth-order valence-electron chi connectivity index (χ4n) is 3.34. The van der Waals surface area contributed by atoms with Crippen LogP contribution in [0.5, 0.6) is 0 Å². The fourth-order valence-corrected chi connectivity index (χ4v) is 4.80. The molecule has 0 aromatic heterocycles. The van der Waals surface area contributed by atoms with Gasteiger partial charge in [0.15, 0.2) is 0 Å². The fraction of sp³-hybridized carbons (Fsp3) is 1.00. The van der Waals surface area contributed by atoms with Crippen molar-refractivity contribution in [1.82, 2.24) is 4.90 Å². The zero-order chi connectivity index (χ0) is 11.6. The molecule has 2 atom stereocenters. The Balaban J connectivity index is 2.02. The van der Waals surface area contributed by atoms with Gasteiger partial charge >= 0.3 is 0 Å². The molecule has 1 saturated heterocycles. The van der Waals surface area contributed by atoms with Gasteiger partial charge in [-0.25, -0.2) is 0 Å². The third-order valence-electron chi connectivity index (χ3n) is 4.55. The molecule has 94 valence electrons. The summed E-state index contributed by atoms with van der Waals surface area (Å²) in [6.07, 6.45) is 8.32. The van der Waals surface area contributed by atoms with Crippen molar-refractivity contribution in [3.8, 4) is 0 Å². The van der Waals surface area contributed by atoms with E-state index in [1.54, 1.807) is 0 Å². The normalized spacial score (nSPS) is 37.1. The summed E-state index contributed by atoms with van der Waals surface area (Å²) in [5.41, 5.74) is 6.38. The lowest BCUT2D eigenvalue weighted by molar-refractivity contribution is 0.0727. The first-order valence-corrected chi connectivity index (χ1v) is 7.77. The molecule has 0 aromatic carbocycles. The SMILES string of the molecule is CC1CC(CN)(N(C)C2CCCCC2)CS1. The van der Waals surface area contributed by atoms with Crippen LogP contribution in [-0.4, -0.2) is 41.1 Å². The zero-order valence-corrected chi connectivity index (χ0v) is 11.6. The van der Waals surface area contributed by atoms with E-state index >= 15 is 0 Å². The molecule has 0 aromatic rings. The molecule has 2 rings (SSSR count).